The van der Waals surface area contributed by atoms with Crippen LogP contribution in [-0.2, 0) is 19.1 Å². The summed E-state index contributed by atoms with van der Waals surface area (Å²) >= 11 is 0. The second-order valence-corrected chi connectivity index (χ2v) is 17.2. The van der Waals surface area contributed by atoms with Crippen molar-refractivity contribution >= 4 is 17.7 Å². The van der Waals surface area contributed by atoms with E-state index in [1.165, 1.54) is 0 Å². The molecule has 4 atom stereocenters. The van der Waals surface area contributed by atoms with E-state index in [4.69, 9.17) is 14.7 Å². The van der Waals surface area contributed by atoms with Gasteiger partial charge in [-0.1, -0.05) is 96.8 Å². The van der Waals surface area contributed by atoms with Gasteiger partial charge in [-0.2, -0.15) is 0 Å². The molecule has 0 bridgehead atoms. The standard InChI is InChI=1S/C52H52N8O4/c61-50(41-25-26-41)57-46(39-9-3-1-4-10-39)51(62)59-27-7-13-44(59)48-53-33-42(55-48)37-21-17-35(18-22-37)15-16-36-19-23-38(24-20-36)43-34-54-49(56-43)45-14-8-28-60(45)52(63)47(40-11-5-2-6-12-40)58-29-31-64-32-30-58/h1-6,9-12,17-24,33-34,41,44-47H,7-8,13-14,25-32H2,(H,53,55)(H,54,56)(H,57,61)/t44-,45-,46+,47+/m0/s1. The highest BCUT2D eigenvalue weighted by molar-refractivity contribution is 5.90. The van der Waals surface area contributed by atoms with Crippen molar-refractivity contribution in [1.82, 2.24) is 40.0 Å². The van der Waals surface area contributed by atoms with Gasteiger partial charge in [0.25, 0.3) is 0 Å². The Kier molecular flexibility index (Phi) is 11.9. The molecule has 3 aliphatic heterocycles. The van der Waals surface area contributed by atoms with Crippen LogP contribution in [0.2, 0.25) is 0 Å². The van der Waals surface area contributed by atoms with E-state index in [9.17, 15) is 14.4 Å². The molecule has 5 heterocycles. The van der Waals surface area contributed by atoms with Crippen LogP contribution in [0, 0.1) is 17.8 Å². The smallest absolute Gasteiger partial charge is 0.250 e. The lowest BCUT2D eigenvalue weighted by atomic mass is 10.0. The van der Waals surface area contributed by atoms with Crippen LogP contribution in [0.1, 0.15) is 96.6 Å². The molecule has 6 aromatic rings. The van der Waals surface area contributed by atoms with Crippen LogP contribution in [0.25, 0.3) is 22.5 Å². The second-order valence-electron chi connectivity index (χ2n) is 17.2. The van der Waals surface area contributed by atoms with E-state index in [0.29, 0.717) is 26.3 Å². The number of carbonyl (C=O) groups is 3. The van der Waals surface area contributed by atoms with E-state index < -0.39 is 6.04 Å². The van der Waals surface area contributed by atoms with Gasteiger partial charge in [-0.05, 0) is 85.0 Å². The minimum atomic E-state index is -0.728. The van der Waals surface area contributed by atoms with E-state index in [-0.39, 0.29) is 41.8 Å². The first-order valence-electron chi connectivity index (χ1n) is 22.6. The summed E-state index contributed by atoms with van der Waals surface area (Å²) < 4.78 is 5.62. The molecule has 0 spiro atoms. The van der Waals surface area contributed by atoms with E-state index >= 15 is 0 Å². The number of H-pyrrole nitrogens is 2. The number of ether oxygens (including phenoxy) is 1. The average molecular weight is 853 g/mol. The number of likely N-dealkylation sites (tertiary alicyclic amines) is 2. The van der Waals surface area contributed by atoms with Crippen LogP contribution >= 0.6 is 0 Å². The first kappa shape index (κ1) is 41.2. The van der Waals surface area contributed by atoms with Crippen LogP contribution in [0.5, 0.6) is 0 Å². The van der Waals surface area contributed by atoms with Gasteiger partial charge in [0.05, 0.1) is 49.1 Å². The number of aromatic amines is 2. The molecule has 12 nitrogen and oxygen atoms in total. The molecule has 4 aliphatic rings. The van der Waals surface area contributed by atoms with Crippen molar-refractivity contribution in [3.05, 3.63) is 155 Å². The molecule has 3 N–H and O–H groups in total. The molecule has 10 rings (SSSR count). The third kappa shape index (κ3) is 8.87. The van der Waals surface area contributed by atoms with Crippen molar-refractivity contribution in [3.8, 4) is 34.4 Å². The first-order valence-corrected chi connectivity index (χ1v) is 22.6. The molecule has 1 aliphatic carbocycles. The van der Waals surface area contributed by atoms with Crippen LogP contribution in [0.4, 0.5) is 0 Å². The third-order valence-electron chi connectivity index (χ3n) is 13.0. The minimum Gasteiger partial charge on any atom is -0.379 e. The molecule has 4 aromatic carbocycles. The topological polar surface area (TPSA) is 140 Å². The van der Waals surface area contributed by atoms with Crippen molar-refractivity contribution in [2.45, 2.75) is 62.7 Å². The minimum absolute atomic E-state index is 0.00374. The number of hydrogen-bond donors (Lipinski definition) is 3. The Labute approximate surface area is 373 Å². The van der Waals surface area contributed by atoms with Crippen molar-refractivity contribution in [1.29, 1.82) is 0 Å². The molecule has 324 valence electrons. The fourth-order valence-electron chi connectivity index (χ4n) is 9.39. The molecule has 3 amide bonds. The SMILES string of the molecule is O=C(N[C@@H](C(=O)N1CCC[C@H]1c1ncc(-c2ccc(C#Cc3ccc(-c4cnc([C@@H]5CCCN5C(=O)[C@@H](c5ccccc5)N5CCOCC5)[nH]4)cc3)cc2)[nH]1)c1ccccc1)C1CC1. The maximum atomic E-state index is 14.3. The molecule has 0 unspecified atom stereocenters. The largest absolute Gasteiger partial charge is 0.379 e. The molecular formula is C52H52N8O4. The molecular weight excluding hydrogens is 801 g/mol. The first-order chi connectivity index (χ1) is 31.5. The van der Waals surface area contributed by atoms with E-state index in [1.807, 2.05) is 119 Å². The number of carbonyl (C=O) groups excluding carboxylic acids is 3. The summed E-state index contributed by atoms with van der Waals surface area (Å²) in [6.07, 6.45) is 8.88. The van der Waals surface area contributed by atoms with Gasteiger partial charge in [-0.25, -0.2) is 9.97 Å². The fourth-order valence-corrected chi connectivity index (χ4v) is 9.39. The van der Waals surface area contributed by atoms with Crippen molar-refractivity contribution < 1.29 is 19.1 Å². The number of benzene rings is 4. The number of aromatic nitrogens is 4. The maximum absolute atomic E-state index is 14.3. The van der Waals surface area contributed by atoms with Crippen LogP contribution in [-0.4, -0.2) is 91.7 Å². The summed E-state index contributed by atoms with van der Waals surface area (Å²) in [7, 11) is 0. The zero-order chi connectivity index (χ0) is 43.4. The van der Waals surface area contributed by atoms with Gasteiger partial charge < -0.3 is 29.8 Å². The summed E-state index contributed by atoms with van der Waals surface area (Å²) in [6.45, 7) is 4.01. The number of amides is 3. The lowest BCUT2D eigenvalue weighted by Gasteiger charge is -2.37. The van der Waals surface area contributed by atoms with Crippen LogP contribution in [0.3, 0.4) is 0 Å². The lowest BCUT2D eigenvalue weighted by Crippen LogP contribution is -2.47. The summed E-state index contributed by atoms with van der Waals surface area (Å²) in [6, 6.07) is 34.4. The Morgan fingerprint density at radius 2 is 1.11 bits per heavy atom. The number of nitrogens with one attached hydrogen (secondary N) is 3. The summed E-state index contributed by atoms with van der Waals surface area (Å²) in [5, 5.41) is 3.05. The van der Waals surface area contributed by atoms with Gasteiger partial charge in [0, 0.05) is 43.2 Å². The Bertz CT molecular complexity index is 2640. The van der Waals surface area contributed by atoms with Gasteiger partial charge in [0.2, 0.25) is 17.7 Å². The number of hydrogen-bond acceptors (Lipinski definition) is 7. The Morgan fingerprint density at radius 1 is 0.609 bits per heavy atom. The zero-order valence-electron chi connectivity index (χ0n) is 35.8. The molecule has 3 saturated heterocycles. The number of imidazole rings is 2. The van der Waals surface area contributed by atoms with Gasteiger partial charge in [0.15, 0.2) is 0 Å². The van der Waals surface area contributed by atoms with Gasteiger partial charge >= 0.3 is 0 Å². The predicted octanol–water partition coefficient (Wildman–Crippen LogP) is 7.53. The summed E-state index contributed by atoms with van der Waals surface area (Å²) in [5.74, 6) is 8.12. The van der Waals surface area contributed by atoms with Crippen molar-refractivity contribution in [2.24, 2.45) is 5.92 Å². The van der Waals surface area contributed by atoms with Gasteiger partial charge in [0.1, 0.15) is 23.7 Å². The predicted molar refractivity (Wildman–Crippen MR) is 243 cm³/mol. The highest BCUT2D eigenvalue weighted by Gasteiger charge is 2.40. The van der Waals surface area contributed by atoms with E-state index in [0.717, 1.165) is 108 Å². The van der Waals surface area contributed by atoms with Gasteiger partial charge in [-0.15, -0.1) is 0 Å². The zero-order valence-corrected chi connectivity index (χ0v) is 35.8. The van der Waals surface area contributed by atoms with E-state index in [2.05, 4.69) is 44.2 Å². The molecule has 64 heavy (non-hydrogen) atoms. The van der Waals surface area contributed by atoms with Crippen LogP contribution < -0.4 is 5.32 Å². The maximum Gasteiger partial charge on any atom is 0.250 e. The van der Waals surface area contributed by atoms with Crippen LogP contribution in [0.15, 0.2) is 122 Å². The lowest BCUT2D eigenvalue weighted by molar-refractivity contribution is -0.140. The highest BCUT2D eigenvalue weighted by Crippen LogP contribution is 2.37. The number of nitrogens with zero attached hydrogens (tertiary/aromatic N) is 5. The third-order valence-corrected chi connectivity index (χ3v) is 13.0. The van der Waals surface area contributed by atoms with Gasteiger partial charge in [-0.3, -0.25) is 19.3 Å². The number of rotatable bonds is 11. The number of morpholine rings is 1. The molecule has 0 radical (unpaired) electrons. The fraction of sp³-hybridized carbons (Fsp3) is 0.327. The van der Waals surface area contributed by atoms with E-state index in [1.54, 1.807) is 0 Å². The van der Waals surface area contributed by atoms with Crippen molar-refractivity contribution in [3.63, 3.8) is 0 Å². The summed E-state index contributed by atoms with van der Waals surface area (Å²) in [4.78, 5) is 63.9. The van der Waals surface area contributed by atoms with Crippen molar-refractivity contribution in [2.75, 3.05) is 39.4 Å². The summed E-state index contributed by atoms with van der Waals surface area (Å²) in [5.41, 5.74) is 7.32. The Balaban J connectivity index is 0.777. The highest BCUT2D eigenvalue weighted by atomic mass is 16.5. The molecule has 2 aromatic heterocycles. The molecule has 4 fully saturated rings. The molecule has 12 heteroatoms. The average Bonchev–Trinajstić information content (AvgIpc) is 3.79. The molecule has 1 saturated carbocycles. The second kappa shape index (κ2) is 18.5. The normalized spacial score (nSPS) is 19.8. The Morgan fingerprint density at radius 3 is 1.62 bits per heavy atom. The monoisotopic (exact) mass is 852 g/mol. The quantitative estimate of drug-likeness (QED) is 0.115. The Hall–Kier alpha value is -6.81.